The second kappa shape index (κ2) is 7.62. The lowest BCUT2D eigenvalue weighted by molar-refractivity contribution is 0.202. The smallest absolute Gasteiger partial charge is 0.122 e. The highest BCUT2D eigenvalue weighted by atomic mass is 79.9. The molecule has 0 spiro atoms. The zero-order valence-corrected chi connectivity index (χ0v) is 14.3. The second-order valence-electron chi connectivity index (χ2n) is 5.08. The first kappa shape index (κ1) is 16.1. The molecule has 0 aliphatic heterocycles. The van der Waals surface area contributed by atoms with Gasteiger partial charge in [-0.1, -0.05) is 52.3 Å². The third kappa shape index (κ3) is 4.08. The molecule has 3 heteroatoms. The van der Waals surface area contributed by atoms with Crippen molar-refractivity contribution in [1.82, 2.24) is 0 Å². The summed E-state index contributed by atoms with van der Waals surface area (Å²) in [7, 11) is 3.44. The van der Waals surface area contributed by atoms with Crippen molar-refractivity contribution in [3.63, 3.8) is 0 Å². The molecule has 21 heavy (non-hydrogen) atoms. The van der Waals surface area contributed by atoms with Crippen LogP contribution in [0.3, 0.4) is 0 Å². The van der Waals surface area contributed by atoms with Gasteiger partial charge in [-0.15, -0.1) is 0 Å². The molecule has 0 saturated heterocycles. The van der Waals surface area contributed by atoms with E-state index in [1.165, 1.54) is 16.7 Å². The van der Waals surface area contributed by atoms with Gasteiger partial charge in [0.05, 0.1) is 18.5 Å². The fraction of sp³-hybridized carbons (Fsp3) is 0.333. The van der Waals surface area contributed by atoms with Crippen molar-refractivity contribution in [2.24, 2.45) is 0 Å². The van der Waals surface area contributed by atoms with Crippen LogP contribution >= 0.6 is 15.9 Å². The summed E-state index contributed by atoms with van der Waals surface area (Å²) in [5.74, 6) is 0.925. The predicted molar refractivity (Wildman–Crippen MR) is 90.5 cm³/mol. The van der Waals surface area contributed by atoms with Gasteiger partial charge in [0.1, 0.15) is 5.75 Å². The first-order chi connectivity index (χ1) is 10.2. The Morgan fingerprint density at radius 2 is 1.67 bits per heavy atom. The lowest BCUT2D eigenvalue weighted by Gasteiger charge is -2.14. The summed E-state index contributed by atoms with van der Waals surface area (Å²) in [6.07, 6.45) is 0.947. The van der Waals surface area contributed by atoms with Crippen molar-refractivity contribution in [3.05, 3.63) is 64.7 Å². The van der Waals surface area contributed by atoms with E-state index >= 15 is 0 Å². The maximum atomic E-state index is 5.40. The molecule has 2 nitrogen and oxygen atoms in total. The SMILES string of the molecule is COCCc1ccc(C(Br)c2ccc(C)c(OC)c2)cc1. The molecule has 0 aromatic heterocycles. The number of aryl methyl sites for hydroxylation is 1. The van der Waals surface area contributed by atoms with Gasteiger partial charge in [0, 0.05) is 7.11 Å². The molecule has 112 valence electrons. The molecule has 0 amide bonds. The molecular formula is C18H21BrO2. The minimum atomic E-state index is 0.170. The molecule has 0 aliphatic carbocycles. The van der Waals surface area contributed by atoms with Gasteiger partial charge in [-0.3, -0.25) is 0 Å². The van der Waals surface area contributed by atoms with Gasteiger partial charge >= 0.3 is 0 Å². The monoisotopic (exact) mass is 348 g/mol. The number of benzene rings is 2. The normalized spacial score (nSPS) is 12.2. The van der Waals surface area contributed by atoms with Crippen molar-refractivity contribution in [2.75, 3.05) is 20.8 Å². The number of ether oxygens (including phenoxy) is 2. The minimum Gasteiger partial charge on any atom is -0.496 e. The Kier molecular flexibility index (Phi) is 5.83. The lowest BCUT2D eigenvalue weighted by atomic mass is 10.0. The van der Waals surface area contributed by atoms with Crippen LogP contribution < -0.4 is 4.74 Å². The molecular weight excluding hydrogens is 328 g/mol. The van der Waals surface area contributed by atoms with E-state index in [4.69, 9.17) is 9.47 Å². The molecule has 0 radical (unpaired) electrons. The molecule has 2 rings (SSSR count). The third-order valence-electron chi connectivity index (χ3n) is 3.59. The number of hydrogen-bond acceptors (Lipinski definition) is 2. The molecule has 0 fully saturated rings. The van der Waals surface area contributed by atoms with Gasteiger partial charge in [-0.05, 0) is 41.7 Å². The maximum Gasteiger partial charge on any atom is 0.122 e. The molecule has 0 bridgehead atoms. The van der Waals surface area contributed by atoms with Crippen LogP contribution in [-0.2, 0) is 11.2 Å². The van der Waals surface area contributed by atoms with E-state index in [2.05, 4.69) is 65.3 Å². The molecule has 0 heterocycles. The van der Waals surface area contributed by atoms with Crippen molar-refractivity contribution in [2.45, 2.75) is 18.2 Å². The Morgan fingerprint density at radius 3 is 2.29 bits per heavy atom. The van der Waals surface area contributed by atoms with Crippen molar-refractivity contribution >= 4 is 15.9 Å². The highest BCUT2D eigenvalue weighted by Gasteiger charge is 2.12. The highest BCUT2D eigenvalue weighted by molar-refractivity contribution is 9.09. The molecule has 0 aliphatic rings. The third-order valence-corrected chi connectivity index (χ3v) is 4.65. The molecule has 0 N–H and O–H groups in total. The standard InChI is InChI=1S/C18H21BrO2/c1-13-4-7-16(12-17(13)21-3)18(19)15-8-5-14(6-9-15)10-11-20-2/h4-9,12,18H,10-11H2,1-3H3. The van der Waals surface area contributed by atoms with Crippen LogP contribution in [0.5, 0.6) is 5.75 Å². The van der Waals surface area contributed by atoms with E-state index in [1.54, 1.807) is 14.2 Å². The highest BCUT2D eigenvalue weighted by Crippen LogP contribution is 2.33. The van der Waals surface area contributed by atoms with E-state index in [0.717, 1.165) is 24.3 Å². The van der Waals surface area contributed by atoms with Crippen LogP contribution in [0.2, 0.25) is 0 Å². The Hall–Kier alpha value is -1.32. The van der Waals surface area contributed by atoms with Crippen LogP contribution in [0.4, 0.5) is 0 Å². The van der Waals surface area contributed by atoms with E-state index in [-0.39, 0.29) is 4.83 Å². The number of methoxy groups -OCH3 is 2. The molecule has 1 unspecified atom stereocenters. The van der Waals surface area contributed by atoms with E-state index in [1.807, 2.05) is 0 Å². The van der Waals surface area contributed by atoms with Gasteiger partial charge < -0.3 is 9.47 Å². The summed E-state index contributed by atoms with van der Waals surface area (Å²) in [6.45, 7) is 2.81. The van der Waals surface area contributed by atoms with Gasteiger partial charge in [0.2, 0.25) is 0 Å². The Morgan fingerprint density at radius 1 is 1.00 bits per heavy atom. The molecule has 2 aromatic carbocycles. The first-order valence-electron chi connectivity index (χ1n) is 7.02. The van der Waals surface area contributed by atoms with Gasteiger partial charge in [-0.25, -0.2) is 0 Å². The number of hydrogen-bond donors (Lipinski definition) is 0. The van der Waals surface area contributed by atoms with E-state index in [9.17, 15) is 0 Å². The quantitative estimate of drug-likeness (QED) is 0.705. The average Bonchev–Trinajstić information content (AvgIpc) is 2.53. The maximum absolute atomic E-state index is 5.40. The fourth-order valence-corrected chi connectivity index (χ4v) is 2.85. The molecule has 1 atom stereocenters. The Bertz CT molecular complexity index is 578. The number of rotatable bonds is 6. The van der Waals surface area contributed by atoms with Gasteiger partial charge in [-0.2, -0.15) is 0 Å². The largest absolute Gasteiger partial charge is 0.496 e. The van der Waals surface area contributed by atoms with Gasteiger partial charge in [0.25, 0.3) is 0 Å². The van der Waals surface area contributed by atoms with Crippen LogP contribution in [0, 0.1) is 6.92 Å². The zero-order chi connectivity index (χ0) is 15.2. The van der Waals surface area contributed by atoms with Gasteiger partial charge in [0.15, 0.2) is 0 Å². The van der Waals surface area contributed by atoms with Crippen molar-refractivity contribution < 1.29 is 9.47 Å². The van der Waals surface area contributed by atoms with Crippen LogP contribution in [0.1, 0.15) is 27.1 Å². The summed E-state index contributed by atoms with van der Waals surface area (Å²) in [5.41, 5.74) is 4.88. The molecule has 0 saturated carbocycles. The molecule has 2 aromatic rings. The van der Waals surface area contributed by atoms with Crippen molar-refractivity contribution in [1.29, 1.82) is 0 Å². The van der Waals surface area contributed by atoms with Crippen LogP contribution in [0.15, 0.2) is 42.5 Å². The summed E-state index contributed by atoms with van der Waals surface area (Å²) < 4.78 is 10.5. The Labute approximate surface area is 135 Å². The topological polar surface area (TPSA) is 18.5 Å². The summed E-state index contributed by atoms with van der Waals surface area (Å²) in [6, 6.07) is 15.0. The van der Waals surface area contributed by atoms with E-state index in [0.29, 0.717) is 0 Å². The van der Waals surface area contributed by atoms with Crippen LogP contribution in [0.25, 0.3) is 0 Å². The minimum absolute atomic E-state index is 0.170. The predicted octanol–water partition coefficient (Wildman–Crippen LogP) is 4.68. The summed E-state index contributed by atoms with van der Waals surface area (Å²) in [4.78, 5) is 0.170. The summed E-state index contributed by atoms with van der Waals surface area (Å²) >= 11 is 3.78. The number of alkyl halides is 1. The second-order valence-corrected chi connectivity index (χ2v) is 5.99. The fourth-order valence-electron chi connectivity index (χ4n) is 2.26. The first-order valence-corrected chi connectivity index (χ1v) is 7.93. The number of halogens is 1. The lowest BCUT2D eigenvalue weighted by Crippen LogP contribution is -1.97. The summed E-state index contributed by atoms with van der Waals surface area (Å²) in [5, 5.41) is 0. The van der Waals surface area contributed by atoms with Crippen LogP contribution in [-0.4, -0.2) is 20.8 Å². The average molecular weight is 349 g/mol. The Balaban J connectivity index is 2.17. The van der Waals surface area contributed by atoms with Crippen molar-refractivity contribution in [3.8, 4) is 5.75 Å². The zero-order valence-electron chi connectivity index (χ0n) is 12.7. The van der Waals surface area contributed by atoms with E-state index < -0.39 is 0 Å².